The predicted octanol–water partition coefficient (Wildman–Crippen LogP) is 6.05. The van der Waals surface area contributed by atoms with Gasteiger partial charge < -0.3 is 10.1 Å². The van der Waals surface area contributed by atoms with Crippen molar-refractivity contribution in [1.82, 2.24) is 9.97 Å². The van der Waals surface area contributed by atoms with Crippen molar-refractivity contribution in [3.8, 4) is 11.1 Å². The summed E-state index contributed by atoms with van der Waals surface area (Å²) in [7, 11) is 0. The Morgan fingerprint density at radius 3 is 2.37 bits per heavy atom. The number of nitrogens with zero attached hydrogens (tertiary/aromatic N) is 1. The summed E-state index contributed by atoms with van der Waals surface area (Å²) in [5.74, 6) is -0.0118. The summed E-state index contributed by atoms with van der Waals surface area (Å²) in [5, 5.41) is 9.51. The highest BCUT2D eigenvalue weighted by Crippen LogP contribution is 2.31. The summed E-state index contributed by atoms with van der Waals surface area (Å²) in [4.78, 5) is 7.40. The number of hydrogen-bond donors (Lipinski definition) is 2. The molecule has 30 heavy (non-hydrogen) atoms. The van der Waals surface area contributed by atoms with Gasteiger partial charge in [-0.05, 0) is 41.0 Å². The molecular weight excluding hydrogens is 396 g/mol. The van der Waals surface area contributed by atoms with Crippen LogP contribution in [0, 0.1) is 5.82 Å². The van der Waals surface area contributed by atoms with Gasteiger partial charge in [-0.2, -0.15) is 13.2 Å². The maximum absolute atomic E-state index is 14.7. The number of benzene rings is 3. The van der Waals surface area contributed by atoms with Crippen LogP contribution in [-0.2, 0) is 12.8 Å². The lowest BCUT2D eigenvalue weighted by Crippen LogP contribution is -2.03. The molecule has 7 heteroatoms. The molecule has 0 atom stereocenters. The van der Waals surface area contributed by atoms with Crippen molar-refractivity contribution < 1.29 is 22.7 Å². The quantitative estimate of drug-likeness (QED) is 0.401. The molecule has 0 aliphatic heterocycles. The van der Waals surface area contributed by atoms with Gasteiger partial charge in [0.15, 0.2) is 0 Å². The molecule has 4 rings (SSSR count). The Balaban J connectivity index is 1.65. The lowest BCUT2D eigenvalue weighted by Gasteiger charge is -2.08. The first kappa shape index (κ1) is 19.8. The highest BCUT2D eigenvalue weighted by Gasteiger charge is 2.29. The van der Waals surface area contributed by atoms with Crippen LogP contribution in [0.15, 0.2) is 60.7 Å². The fraction of sp³-hybridized carbons (Fsp3) is 0.0870. The van der Waals surface area contributed by atoms with E-state index in [0.29, 0.717) is 39.1 Å². The first-order chi connectivity index (χ1) is 14.3. The molecule has 0 unspecified atom stereocenters. The van der Waals surface area contributed by atoms with Crippen molar-refractivity contribution in [3.05, 3.63) is 89.0 Å². The third kappa shape index (κ3) is 3.97. The number of fused-ring (bicyclic) bond motifs is 1. The van der Waals surface area contributed by atoms with Gasteiger partial charge in [-0.3, -0.25) is 0 Å². The van der Waals surface area contributed by atoms with Gasteiger partial charge in [0.25, 0.3) is 0 Å². The molecule has 4 aromatic rings. The molecule has 0 spiro atoms. The average molecular weight is 412 g/mol. The SMILES string of the molecule is OCc1ccccc1-c1cc2nc(C=Cc3ccc(C(F)(F)F)cc3)[nH]c2cc1F. The van der Waals surface area contributed by atoms with Gasteiger partial charge in [0.05, 0.1) is 23.2 Å². The van der Waals surface area contributed by atoms with E-state index in [4.69, 9.17) is 0 Å². The van der Waals surface area contributed by atoms with Crippen LogP contribution in [0.25, 0.3) is 34.3 Å². The lowest BCUT2D eigenvalue weighted by molar-refractivity contribution is -0.137. The second kappa shape index (κ2) is 7.76. The summed E-state index contributed by atoms with van der Waals surface area (Å²) in [6.45, 7) is -0.213. The number of hydrogen-bond acceptors (Lipinski definition) is 2. The van der Waals surface area contributed by atoms with Crippen LogP contribution in [0.5, 0.6) is 0 Å². The Morgan fingerprint density at radius 1 is 0.933 bits per heavy atom. The molecule has 0 radical (unpaired) electrons. The van der Waals surface area contributed by atoms with E-state index in [9.17, 15) is 22.7 Å². The number of alkyl halides is 3. The molecule has 0 saturated heterocycles. The van der Waals surface area contributed by atoms with Crippen molar-refractivity contribution in [2.24, 2.45) is 0 Å². The Kier molecular flexibility index (Phi) is 5.13. The van der Waals surface area contributed by atoms with E-state index < -0.39 is 17.6 Å². The second-order valence-corrected chi connectivity index (χ2v) is 6.74. The molecule has 0 aliphatic carbocycles. The maximum atomic E-state index is 14.7. The van der Waals surface area contributed by atoms with Gasteiger partial charge in [0.1, 0.15) is 11.6 Å². The monoisotopic (exact) mass is 412 g/mol. The number of imidazole rings is 1. The first-order valence-corrected chi connectivity index (χ1v) is 9.09. The van der Waals surface area contributed by atoms with E-state index in [-0.39, 0.29) is 6.61 Å². The summed E-state index contributed by atoms with van der Waals surface area (Å²) >= 11 is 0. The second-order valence-electron chi connectivity index (χ2n) is 6.74. The van der Waals surface area contributed by atoms with Gasteiger partial charge in [0.2, 0.25) is 0 Å². The topological polar surface area (TPSA) is 48.9 Å². The van der Waals surface area contributed by atoms with Crippen LogP contribution < -0.4 is 0 Å². The zero-order chi connectivity index (χ0) is 21.3. The number of aromatic nitrogens is 2. The van der Waals surface area contributed by atoms with Gasteiger partial charge in [-0.25, -0.2) is 9.37 Å². The Hall–Kier alpha value is -3.45. The average Bonchev–Trinajstić information content (AvgIpc) is 3.13. The van der Waals surface area contributed by atoms with E-state index in [1.165, 1.54) is 18.2 Å². The Morgan fingerprint density at radius 2 is 1.67 bits per heavy atom. The van der Waals surface area contributed by atoms with E-state index in [1.807, 2.05) is 0 Å². The van der Waals surface area contributed by atoms with Crippen LogP contribution in [0.2, 0.25) is 0 Å². The number of H-pyrrole nitrogens is 1. The van der Waals surface area contributed by atoms with Crippen LogP contribution >= 0.6 is 0 Å². The summed E-state index contributed by atoms with van der Waals surface area (Å²) in [6, 6.07) is 14.7. The van der Waals surface area contributed by atoms with E-state index >= 15 is 0 Å². The molecule has 0 fully saturated rings. The molecule has 3 aromatic carbocycles. The molecule has 2 N–H and O–H groups in total. The van der Waals surface area contributed by atoms with Crippen LogP contribution in [0.1, 0.15) is 22.5 Å². The van der Waals surface area contributed by atoms with E-state index in [0.717, 1.165) is 12.1 Å². The summed E-state index contributed by atoms with van der Waals surface area (Å²) < 4.78 is 52.6. The predicted molar refractivity (Wildman–Crippen MR) is 108 cm³/mol. The normalized spacial score (nSPS) is 12.2. The Labute approximate surface area is 169 Å². The molecule has 1 aromatic heterocycles. The minimum absolute atomic E-state index is 0.213. The molecule has 3 nitrogen and oxygen atoms in total. The number of aliphatic hydroxyl groups excluding tert-OH is 1. The zero-order valence-corrected chi connectivity index (χ0v) is 15.5. The van der Waals surface area contributed by atoms with Gasteiger partial charge in [0, 0.05) is 11.6 Å². The molecule has 0 saturated carbocycles. The van der Waals surface area contributed by atoms with Crippen molar-refractivity contribution in [1.29, 1.82) is 0 Å². The minimum atomic E-state index is -4.38. The van der Waals surface area contributed by atoms with Crippen molar-refractivity contribution >= 4 is 23.2 Å². The van der Waals surface area contributed by atoms with E-state index in [2.05, 4.69) is 9.97 Å². The third-order valence-electron chi connectivity index (χ3n) is 4.74. The number of aliphatic hydroxyl groups is 1. The largest absolute Gasteiger partial charge is 0.416 e. The standard InChI is InChI=1S/C23H16F4N2O/c24-19-12-21-20(11-18(19)17-4-2-1-3-15(17)13-30)28-22(29-21)10-7-14-5-8-16(9-6-14)23(25,26)27/h1-12,30H,13H2,(H,28,29). The van der Waals surface area contributed by atoms with Crippen LogP contribution in [0.3, 0.4) is 0 Å². The number of aromatic amines is 1. The molecule has 1 heterocycles. The summed E-state index contributed by atoms with van der Waals surface area (Å²) in [5.41, 5.74) is 2.41. The van der Waals surface area contributed by atoms with Crippen molar-refractivity contribution in [3.63, 3.8) is 0 Å². The Bertz CT molecular complexity index is 1220. The van der Waals surface area contributed by atoms with Crippen LogP contribution in [0.4, 0.5) is 17.6 Å². The third-order valence-corrected chi connectivity index (χ3v) is 4.74. The zero-order valence-electron chi connectivity index (χ0n) is 15.5. The first-order valence-electron chi connectivity index (χ1n) is 9.09. The minimum Gasteiger partial charge on any atom is -0.392 e. The molecule has 0 amide bonds. The summed E-state index contributed by atoms with van der Waals surface area (Å²) in [6.07, 6.45) is -1.14. The molecule has 0 aliphatic rings. The highest BCUT2D eigenvalue weighted by atomic mass is 19.4. The van der Waals surface area contributed by atoms with Gasteiger partial charge in [-0.15, -0.1) is 0 Å². The van der Waals surface area contributed by atoms with Gasteiger partial charge >= 0.3 is 6.18 Å². The molecule has 0 bridgehead atoms. The molecule has 152 valence electrons. The number of halogens is 4. The van der Waals surface area contributed by atoms with E-state index in [1.54, 1.807) is 42.5 Å². The molecular formula is C23H16F4N2O. The van der Waals surface area contributed by atoms with Crippen molar-refractivity contribution in [2.45, 2.75) is 12.8 Å². The fourth-order valence-corrected chi connectivity index (χ4v) is 3.21. The number of rotatable bonds is 4. The van der Waals surface area contributed by atoms with Crippen LogP contribution in [-0.4, -0.2) is 15.1 Å². The maximum Gasteiger partial charge on any atom is 0.416 e. The lowest BCUT2D eigenvalue weighted by atomic mass is 9.99. The van der Waals surface area contributed by atoms with Crippen molar-refractivity contribution in [2.75, 3.05) is 0 Å². The smallest absolute Gasteiger partial charge is 0.392 e. The van der Waals surface area contributed by atoms with Gasteiger partial charge in [-0.1, -0.05) is 42.5 Å². The highest BCUT2D eigenvalue weighted by molar-refractivity contribution is 5.85. The fourth-order valence-electron chi connectivity index (χ4n) is 3.21. The number of nitrogens with one attached hydrogen (secondary N) is 1.